The van der Waals surface area contributed by atoms with Gasteiger partial charge >= 0.3 is 5.97 Å². The van der Waals surface area contributed by atoms with E-state index in [-0.39, 0.29) is 18.1 Å². The fourth-order valence-corrected chi connectivity index (χ4v) is 2.06. The van der Waals surface area contributed by atoms with Gasteiger partial charge in [-0.3, -0.25) is 4.79 Å². The number of pyridine rings is 1. The Kier molecular flexibility index (Phi) is 4.92. The molecular weight excluding hydrogens is 348 g/mol. The molecule has 0 aliphatic heterocycles. The van der Waals surface area contributed by atoms with Gasteiger partial charge in [-0.1, -0.05) is 16.8 Å². The number of aliphatic carboxylic acids is 1. The van der Waals surface area contributed by atoms with Crippen molar-refractivity contribution in [1.82, 2.24) is 15.1 Å². The minimum Gasteiger partial charge on any atom is -0.480 e. The lowest BCUT2D eigenvalue weighted by Gasteiger charge is -2.04. The second-order valence-electron chi connectivity index (χ2n) is 5.11. The Morgan fingerprint density at radius 1 is 1.28 bits per heavy atom. The van der Waals surface area contributed by atoms with E-state index in [1.807, 2.05) is 0 Å². The van der Waals surface area contributed by atoms with E-state index < -0.39 is 12.0 Å². The highest BCUT2D eigenvalue weighted by Crippen LogP contribution is 2.24. The summed E-state index contributed by atoms with van der Waals surface area (Å²) in [6.07, 6.45) is 1.48. The number of nitrogens with two attached hydrogens (primary N) is 1. The molecule has 0 amide bonds. The summed E-state index contributed by atoms with van der Waals surface area (Å²) < 4.78 is 10.7. The quantitative estimate of drug-likeness (QED) is 0.687. The van der Waals surface area contributed by atoms with Crippen molar-refractivity contribution < 1.29 is 19.2 Å². The van der Waals surface area contributed by atoms with Crippen LogP contribution in [0.25, 0.3) is 11.5 Å². The maximum absolute atomic E-state index is 10.7. The number of carboxylic acids is 1. The highest BCUT2D eigenvalue weighted by Gasteiger charge is 2.17. The van der Waals surface area contributed by atoms with Gasteiger partial charge in [0.2, 0.25) is 5.88 Å². The van der Waals surface area contributed by atoms with Gasteiger partial charge < -0.3 is 20.1 Å². The van der Waals surface area contributed by atoms with Crippen LogP contribution in [0.2, 0.25) is 5.02 Å². The minimum absolute atomic E-state index is 0.0116. The van der Waals surface area contributed by atoms with Gasteiger partial charge in [0.1, 0.15) is 11.8 Å². The number of aromatic nitrogens is 3. The second kappa shape index (κ2) is 7.29. The Hall–Kier alpha value is -2.97. The average molecular weight is 361 g/mol. The van der Waals surface area contributed by atoms with Crippen LogP contribution >= 0.6 is 11.6 Å². The zero-order chi connectivity index (χ0) is 17.8. The topological polar surface area (TPSA) is 124 Å². The van der Waals surface area contributed by atoms with Gasteiger partial charge in [0.15, 0.2) is 5.82 Å². The maximum Gasteiger partial charge on any atom is 0.320 e. The zero-order valence-electron chi connectivity index (χ0n) is 12.8. The summed E-state index contributed by atoms with van der Waals surface area (Å²) in [5.41, 5.74) is 6.11. The van der Waals surface area contributed by atoms with Crippen LogP contribution in [0.4, 0.5) is 0 Å². The average Bonchev–Trinajstić information content (AvgIpc) is 3.06. The normalized spacial score (nSPS) is 11.9. The number of halogens is 1. The summed E-state index contributed by atoms with van der Waals surface area (Å²) in [6.45, 7) is 0. The number of ether oxygens (including phenoxy) is 1. The van der Waals surface area contributed by atoms with Crippen LogP contribution in [-0.2, 0) is 11.2 Å². The van der Waals surface area contributed by atoms with Gasteiger partial charge in [0, 0.05) is 24.2 Å². The Bertz CT molecular complexity index is 865. The zero-order valence-corrected chi connectivity index (χ0v) is 13.6. The Balaban J connectivity index is 1.69. The maximum atomic E-state index is 10.7. The van der Waals surface area contributed by atoms with E-state index in [0.717, 1.165) is 0 Å². The molecule has 2 heterocycles. The largest absolute Gasteiger partial charge is 0.480 e. The van der Waals surface area contributed by atoms with Crippen molar-refractivity contribution in [3.05, 3.63) is 53.4 Å². The van der Waals surface area contributed by atoms with Gasteiger partial charge in [-0.05, 0) is 30.3 Å². The van der Waals surface area contributed by atoms with Crippen molar-refractivity contribution in [3.8, 4) is 23.1 Å². The summed E-state index contributed by atoms with van der Waals surface area (Å²) in [4.78, 5) is 18.9. The van der Waals surface area contributed by atoms with Crippen LogP contribution in [0.5, 0.6) is 11.6 Å². The monoisotopic (exact) mass is 360 g/mol. The summed E-state index contributed by atoms with van der Waals surface area (Å²) in [7, 11) is 0. The van der Waals surface area contributed by atoms with Crippen LogP contribution in [0.3, 0.4) is 0 Å². The van der Waals surface area contributed by atoms with Crippen molar-refractivity contribution >= 4 is 17.6 Å². The van der Waals surface area contributed by atoms with Crippen molar-refractivity contribution in [2.24, 2.45) is 5.73 Å². The molecule has 25 heavy (non-hydrogen) atoms. The highest BCUT2D eigenvalue weighted by atomic mass is 35.5. The molecule has 3 aromatic rings. The molecule has 0 saturated heterocycles. The van der Waals surface area contributed by atoms with Crippen molar-refractivity contribution in [1.29, 1.82) is 0 Å². The second-order valence-corrected chi connectivity index (χ2v) is 5.54. The molecule has 3 N–H and O–H groups in total. The van der Waals surface area contributed by atoms with E-state index >= 15 is 0 Å². The Labute approximate surface area is 147 Å². The summed E-state index contributed by atoms with van der Waals surface area (Å²) >= 11 is 5.77. The third kappa shape index (κ3) is 4.31. The third-order valence-corrected chi connectivity index (χ3v) is 3.44. The summed E-state index contributed by atoms with van der Waals surface area (Å²) in [6, 6.07) is 9.18. The van der Waals surface area contributed by atoms with Crippen LogP contribution in [0.15, 0.2) is 47.1 Å². The molecule has 0 saturated carbocycles. The molecule has 1 aromatic carbocycles. The molecule has 0 aliphatic rings. The lowest BCUT2D eigenvalue weighted by molar-refractivity contribution is -0.138. The van der Waals surface area contributed by atoms with Crippen molar-refractivity contribution in [2.75, 3.05) is 0 Å². The molecular formula is C16H13ClN4O4. The number of hydrogen-bond acceptors (Lipinski definition) is 7. The molecule has 2 aromatic heterocycles. The van der Waals surface area contributed by atoms with E-state index in [0.29, 0.717) is 22.2 Å². The van der Waals surface area contributed by atoms with Crippen LogP contribution in [0, 0.1) is 0 Å². The van der Waals surface area contributed by atoms with E-state index in [9.17, 15) is 4.79 Å². The smallest absolute Gasteiger partial charge is 0.320 e. The van der Waals surface area contributed by atoms with E-state index in [4.69, 9.17) is 31.7 Å². The predicted molar refractivity (Wildman–Crippen MR) is 88.4 cm³/mol. The number of carbonyl (C=O) groups is 1. The Morgan fingerprint density at radius 3 is 2.68 bits per heavy atom. The highest BCUT2D eigenvalue weighted by molar-refractivity contribution is 6.30. The molecule has 9 heteroatoms. The summed E-state index contributed by atoms with van der Waals surface area (Å²) in [5, 5.41) is 13.1. The lowest BCUT2D eigenvalue weighted by atomic mass is 10.2. The fourth-order valence-electron chi connectivity index (χ4n) is 1.95. The van der Waals surface area contributed by atoms with Crippen LogP contribution in [-0.4, -0.2) is 32.2 Å². The fraction of sp³-hybridized carbons (Fsp3) is 0.125. The number of hydrogen-bond donors (Lipinski definition) is 2. The van der Waals surface area contributed by atoms with Crippen molar-refractivity contribution in [3.63, 3.8) is 0 Å². The number of nitrogens with zero attached hydrogens (tertiary/aromatic N) is 3. The molecule has 0 fully saturated rings. The first-order valence-corrected chi connectivity index (χ1v) is 7.60. The predicted octanol–water partition coefficient (Wildman–Crippen LogP) is 2.53. The molecule has 8 nitrogen and oxygen atoms in total. The standard InChI is InChI=1S/C16H13ClN4O4/c17-10-3-6-14(19-8-10)24-11-4-1-9(2-5-11)15-20-13(21-25-15)7-12(18)16(22)23/h1-6,8,12H,7,18H2,(H,22,23)/t12-/m0/s1. The summed E-state index contributed by atoms with van der Waals surface area (Å²) in [5.74, 6) is 0.370. The molecule has 0 radical (unpaired) electrons. The van der Waals surface area contributed by atoms with Gasteiger partial charge in [-0.25, -0.2) is 4.98 Å². The molecule has 128 valence electrons. The Morgan fingerprint density at radius 2 is 2.04 bits per heavy atom. The van der Waals surface area contributed by atoms with E-state index in [2.05, 4.69) is 15.1 Å². The van der Waals surface area contributed by atoms with Gasteiger partial charge in [0.25, 0.3) is 5.89 Å². The molecule has 0 spiro atoms. The molecule has 0 unspecified atom stereocenters. The van der Waals surface area contributed by atoms with Crippen LogP contribution < -0.4 is 10.5 Å². The van der Waals surface area contributed by atoms with Gasteiger partial charge in [-0.2, -0.15) is 4.98 Å². The SMILES string of the molecule is N[C@@H](Cc1noc(-c2ccc(Oc3ccc(Cl)cn3)cc2)n1)C(=O)O. The molecule has 3 rings (SSSR count). The number of carboxylic acid groups (broad SMARTS) is 1. The molecule has 1 atom stereocenters. The van der Waals surface area contributed by atoms with Crippen molar-refractivity contribution in [2.45, 2.75) is 12.5 Å². The number of rotatable bonds is 6. The number of benzene rings is 1. The third-order valence-electron chi connectivity index (χ3n) is 3.21. The first-order chi connectivity index (χ1) is 12.0. The van der Waals surface area contributed by atoms with Crippen LogP contribution in [0.1, 0.15) is 5.82 Å². The van der Waals surface area contributed by atoms with Gasteiger partial charge in [-0.15, -0.1) is 0 Å². The first kappa shape index (κ1) is 16.9. The lowest BCUT2D eigenvalue weighted by Crippen LogP contribution is -2.32. The molecule has 0 aliphatic carbocycles. The van der Waals surface area contributed by atoms with Gasteiger partial charge in [0.05, 0.1) is 5.02 Å². The molecule has 0 bridgehead atoms. The van der Waals surface area contributed by atoms with E-state index in [1.54, 1.807) is 36.4 Å². The van der Waals surface area contributed by atoms with E-state index in [1.165, 1.54) is 6.20 Å². The first-order valence-electron chi connectivity index (χ1n) is 7.22. The minimum atomic E-state index is -1.12.